The van der Waals surface area contributed by atoms with Crippen LogP contribution in [0.3, 0.4) is 0 Å². The van der Waals surface area contributed by atoms with Crippen molar-refractivity contribution in [3.05, 3.63) is 70.9 Å². The first-order valence-electron chi connectivity index (χ1n) is 10.1. The van der Waals surface area contributed by atoms with Crippen LogP contribution in [0.5, 0.6) is 0 Å². The summed E-state index contributed by atoms with van der Waals surface area (Å²) in [5.41, 5.74) is 19.1. The predicted molar refractivity (Wildman–Crippen MR) is 120 cm³/mol. The maximum atomic E-state index is 6.04. The molecule has 30 heavy (non-hydrogen) atoms. The first-order valence-corrected chi connectivity index (χ1v) is 10.1. The molecule has 1 aliphatic rings. The number of aromatic nitrogens is 4. The van der Waals surface area contributed by atoms with Gasteiger partial charge in [-0.25, -0.2) is 4.68 Å². The number of hydrogen-bond donors (Lipinski definition) is 2. The third kappa shape index (κ3) is 3.12. The Hall–Kier alpha value is -3.61. The van der Waals surface area contributed by atoms with Gasteiger partial charge in [0.15, 0.2) is 5.65 Å². The molecular formula is C23H25N7. The molecule has 7 nitrogen and oxygen atoms in total. The van der Waals surface area contributed by atoms with Crippen LogP contribution in [-0.2, 0) is 13.0 Å². The van der Waals surface area contributed by atoms with Crippen LogP contribution >= 0.6 is 0 Å². The molecule has 5 rings (SSSR count). The van der Waals surface area contributed by atoms with Gasteiger partial charge in [0.25, 0.3) is 0 Å². The van der Waals surface area contributed by atoms with E-state index >= 15 is 0 Å². The summed E-state index contributed by atoms with van der Waals surface area (Å²) < 4.78 is 1.95. The van der Waals surface area contributed by atoms with Gasteiger partial charge in [-0.2, -0.15) is 15.1 Å². The van der Waals surface area contributed by atoms with Gasteiger partial charge in [0.1, 0.15) is 5.82 Å². The maximum Gasteiger partial charge on any atom is 0.224 e. The quantitative estimate of drug-likeness (QED) is 0.548. The number of nitrogens with zero attached hydrogens (tertiary/aromatic N) is 5. The Balaban J connectivity index is 1.55. The molecular weight excluding hydrogens is 374 g/mol. The molecule has 1 unspecified atom stereocenters. The van der Waals surface area contributed by atoms with E-state index in [4.69, 9.17) is 11.5 Å². The molecule has 2 aromatic carbocycles. The summed E-state index contributed by atoms with van der Waals surface area (Å²) in [4.78, 5) is 10.9. The lowest BCUT2D eigenvalue weighted by Gasteiger charge is -2.36. The van der Waals surface area contributed by atoms with E-state index in [1.807, 2.05) is 4.68 Å². The molecule has 0 fully saturated rings. The number of fused-ring (bicyclic) bond motifs is 2. The smallest absolute Gasteiger partial charge is 0.224 e. The van der Waals surface area contributed by atoms with Gasteiger partial charge in [-0.05, 0) is 43.0 Å². The number of para-hydroxylation sites is 1. The molecule has 3 heterocycles. The summed E-state index contributed by atoms with van der Waals surface area (Å²) in [5.74, 6) is 0.539. The van der Waals surface area contributed by atoms with Crippen molar-refractivity contribution in [2.75, 3.05) is 22.9 Å². The van der Waals surface area contributed by atoms with Gasteiger partial charge in [0.05, 0.1) is 17.6 Å². The molecule has 0 radical (unpaired) electrons. The molecule has 1 atom stereocenters. The second kappa shape index (κ2) is 7.02. The van der Waals surface area contributed by atoms with Crippen molar-refractivity contribution in [2.24, 2.45) is 0 Å². The largest absolute Gasteiger partial charge is 0.383 e. The van der Waals surface area contributed by atoms with Crippen molar-refractivity contribution >= 4 is 28.5 Å². The zero-order chi connectivity index (χ0) is 20.8. The summed E-state index contributed by atoms with van der Waals surface area (Å²) in [6.07, 6.45) is 2.61. The number of benzene rings is 2. The Labute approximate surface area is 175 Å². The van der Waals surface area contributed by atoms with Crippen LogP contribution in [0.2, 0.25) is 0 Å². The lowest BCUT2D eigenvalue weighted by atomic mass is 9.96. The maximum absolute atomic E-state index is 6.04. The first kappa shape index (κ1) is 18.4. The fourth-order valence-electron chi connectivity index (χ4n) is 4.44. The molecule has 0 spiro atoms. The lowest BCUT2D eigenvalue weighted by molar-refractivity contribution is 0.439. The fourth-order valence-corrected chi connectivity index (χ4v) is 4.44. The minimum absolute atomic E-state index is 0.122. The highest BCUT2D eigenvalue weighted by Crippen LogP contribution is 2.34. The molecule has 2 aromatic heterocycles. The number of hydrogen-bond acceptors (Lipinski definition) is 6. The summed E-state index contributed by atoms with van der Waals surface area (Å²) in [7, 11) is 0. The Morgan fingerprint density at radius 3 is 2.73 bits per heavy atom. The van der Waals surface area contributed by atoms with Crippen LogP contribution in [0.25, 0.3) is 11.0 Å². The van der Waals surface area contributed by atoms with Crippen LogP contribution in [0.4, 0.5) is 17.5 Å². The number of aryl methyl sites for hydroxylation is 2. The van der Waals surface area contributed by atoms with Gasteiger partial charge in [-0.1, -0.05) is 42.0 Å². The monoisotopic (exact) mass is 399 g/mol. The molecule has 4 N–H and O–H groups in total. The topological polar surface area (TPSA) is 98.9 Å². The van der Waals surface area contributed by atoms with Gasteiger partial charge >= 0.3 is 0 Å². The normalized spacial score (nSPS) is 16.1. The number of anilines is 3. The van der Waals surface area contributed by atoms with E-state index < -0.39 is 0 Å². The summed E-state index contributed by atoms with van der Waals surface area (Å²) in [6, 6.07) is 15.4. The lowest BCUT2D eigenvalue weighted by Crippen LogP contribution is -2.37. The summed E-state index contributed by atoms with van der Waals surface area (Å²) >= 11 is 0. The van der Waals surface area contributed by atoms with Gasteiger partial charge < -0.3 is 16.4 Å². The van der Waals surface area contributed by atoms with E-state index in [0.29, 0.717) is 11.5 Å². The van der Waals surface area contributed by atoms with E-state index in [9.17, 15) is 0 Å². The Morgan fingerprint density at radius 2 is 1.90 bits per heavy atom. The fraction of sp³-hybridized carbons (Fsp3) is 0.261. The molecule has 0 saturated carbocycles. The highest BCUT2D eigenvalue weighted by molar-refractivity contribution is 5.86. The number of nitrogens with two attached hydrogens (primary N) is 2. The Morgan fingerprint density at radius 1 is 1.07 bits per heavy atom. The molecule has 4 aromatic rings. The van der Waals surface area contributed by atoms with Crippen LogP contribution in [-0.4, -0.2) is 26.3 Å². The Kier molecular flexibility index (Phi) is 4.31. The van der Waals surface area contributed by atoms with Gasteiger partial charge in [0.2, 0.25) is 5.95 Å². The molecule has 0 saturated heterocycles. The summed E-state index contributed by atoms with van der Waals surface area (Å²) in [5, 5.41) is 5.36. The van der Waals surface area contributed by atoms with Gasteiger partial charge in [-0.3, -0.25) is 0 Å². The van der Waals surface area contributed by atoms with Crippen LogP contribution in [0, 0.1) is 13.8 Å². The van der Waals surface area contributed by atoms with E-state index in [0.717, 1.165) is 24.9 Å². The van der Waals surface area contributed by atoms with Crippen molar-refractivity contribution < 1.29 is 0 Å². The third-order valence-electron chi connectivity index (χ3n) is 5.92. The molecule has 7 heteroatoms. The highest BCUT2D eigenvalue weighted by Gasteiger charge is 2.28. The molecule has 0 aliphatic carbocycles. The van der Waals surface area contributed by atoms with E-state index in [1.54, 1.807) is 6.20 Å². The standard InChI is InChI=1S/C23H25N7/c1-14-7-8-17(15(2)9-14)12-29-13-18(10-16-5-3-4-6-20(16)29)30-22-19(11-26-30)21(24)27-23(25)28-22/h3-9,11,18H,10,12-13H2,1-2H3,(H4,24,25,27,28). The van der Waals surface area contributed by atoms with Crippen molar-refractivity contribution in [3.63, 3.8) is 0 Å². The summed E-state index contributed by atoms with van der Waals surface area (Å²) in [6.45, 7) is 5.98. The second-order valence-corrected chi connectivity index (χ2v) is 8.09. The predicted octanol–water partition coefficient (Wildman–Crippen LogP) is 3.41. The number of nitrogen functional groups attached to an aromatic ring is 2. The average molecular weight is 400 g/mol. The molecule has 0 amide bonds. The van der Waals surface area contributed by atoms with Crippen molar-refractivity contribution in [1.29, 1.82) is 0 Å². The minimum Gasteiger partial charge on any atom is -0.383 e. The molecule has 0 bridgehead atoms. The van der Waals surface area contributed by atoms with E-state index in [-0.39, 0.29) is 12.0 Å². The van der Waals surface area contributed by atoms with Gasteiger partial charge in [-0.15, -0.1) is 0 Å². The average Bonchev–Trinajstić information content (AvgIpc) is 3.14. The highest BCUT2D eigenvalue weighted by atomic mass is 15.3. The SMILES string of the molecule is Cc1ccc(CN2CC(n3ncc4c(N)nc(N)nc43)Cc3ccccc32)c(C)c1. The second-order valence-electron chi connectivity index (χ2n) is 8.09. The van der Waals surface area contributed by atoms with Crippen molar-refractivity contribution in [3.8, 4) is 0 Å². The first-order chi connectivity index (χ1) is 14.5. The third-order valence-corrected chi connectivity index (χ3v) is 5.92. The van der Waals surface area contributed by atoms with Crippen LogP contribution < -0.4 is 16.4 Å². The minimum atomic E-state index is 0.122. The zero-order valence-corrected chi connectivity index (χ0v) is 17.2. The van der Waals surface area contributed by atoms with E-state index in [1.165, 1.54) is 27.9 Å². The van der Waals surface area contributed by atoms with Crippen LogP contribution in [0.1, 0.15) is 28.3 Å². The van der Waals surface area contributed by atoms with Crippen molar-refractivity contribution in [2.45, 2.75) is 32.9 Å². The van der Waals surface area contributed by atoms with Gasteiger partial charge in [0, 0.05) is 18.8 Å². The number of rotatable bonds is 3. The zero-order valence-electron chi connectivity index (χ0n) is 17.2. The molecule has 152 valence electrons. The molecule has 1 aliphatic heterocycles. The van der Waals surface area contributed by atoms with Crippen molar-refractivity contribution in [1.82, 2.24) is 19.7 Å². The Bertz CT molecular complexity index is 1240. The van der Waals surface area contributed by atoms with Crippen LogP contribution in [0.15, 0.2) is 48.7 Å². The van der Waals surface area contributed by atoms with E-state index in [2.05, 4.69) is 76.3 Å².